The van der Waals surface area contributed by atoms with Crippen LogP contribution in [-0.2, 0) is 34.9 Å². The number of fused-ring (bicyclic) bond motifs is 1. The Bertz CT molecular complexity index is 1500. The first-order chi connectivity index (χ1) is 17.6. The molecule has 0 saturated heterocycles. The van der Waals surface area contributed by atoms with Crippen molar-refractivity contribution in [1.29, 1.82) is 0 Å². The van der Waals surface area contributed by atoms with Crippen molar-refractivity contribution < 1.29 is 21.6 Å². The van der Waals surface area contributed by atoms with Gasteiger partial charge in [-0.05, 0) is 64.7 Å². The molecule has 1 aromatic heterocycles. The molecule has 0 bridgehead atoms. The largest absolute Gasteiger partial charge is 0.416 e. The molecular formula is C26H24F3N5O2S. The highest BCUT2D eigenvalue weighted by Gasteiger charge is 2.34. The zero-order chi connectivity index (χ0) is 26.2. The molecule has 3 aromatic carbocycles. The highest BCUT2D eigenvalue weighted by molar-refractivity contribution is 7.90. The first kappa shape index (κ1) is 25.1. The summed E-state index contributed by atoms with van der Waals surface area (Å²) in [6.07, 6.45) is -3.74. The number of hydrogen-bond donors (Lipinski definition) is 0. The van der Waals surface area contributed by atoms with Gasteiger partial charge in [0.1, 0.15) is 0 Å². The van der Waals surface area contributed by atoms with Crippen LogP contribution in [0.4, 0.5) is 13.2 Å². The standard InChI is InChI=1S/C26H24F3N5O2S/c1-18-6-12-23(13-7-18)37(35,36)17-34-25(30-31-32-34)24(20-8-10-22(11-9-20)26(27,28)29)33-15-14-19-4-2-3-5-21(19)16-33/h2-13,24H,14-17H2,1H3/t24-/m0/s1. The maximum absolute atomic E-state index is 13.2. The molecule has 0 saturated carbocycles. The Hall–Kier alpha value is -3.57. The van der Waals surface area contributed by atoms with Crippen LogP contribution in [0.15, 0.2) is 77.7 Å². The second kappa shape index (κ2) is 9.71. The van der Waals surface area contributed by atoms with E-state index in [1.54, 1.807) is 12.1 Å². The number of alkyl halides is 3. The van der Waals surface area contributed by atoms with Crippen molar-refractivity contribution in [3.63, 3.8) is 0 Å². The summed E-state index contributed by atoms with van der Waals surface area (Å²) in [4.78, 5) is 2.20. The number of hydrogen-bond acceptors (Lipinski definition) is 6. The van der Waals surface area contributed by atoms with Crippen LogP contribution in [0.1, 0.15) is 39.7 Å². The van der Waals surface area contributed by atoms with Gasteiger partial charge in [0.05, 0.1) is 16.5 Å². The van der Waals surface area contributed by atoms with Gasteiger partial charge in [-0.25, -0.2) is 13.1 Å². The monoisotopic (exact) mass is 527 g/mol. The second-order valence-corrected chi connectivity index (χ2v) is 11.1. The SMILES string of the molecule is Cc1ccc(S(=O)(=O)Cn2nnnc2[C@H](c2ccc(C(F)(F)F)cc2)N2CCc3ccccc3C2)cc1. The summed E-state index contributed by atoms with van der Waals surface area (Å²) in [5.41, 5.74) is 3.00. The lowest BCUT2D eigenvalue weighted by molar-refractivity contribution is -0.137. The van der Waals surface area contributed by atoms with Gasteiger partial charge < -0.3 is 0 Å². The number of sulfone groups is 1. The third kappa shape index (κ3) is 5.28. The summed E-state index contributed by atoms with van der Waals surface area (Å²) in [6, 6.07) is 18.7. The lowest BCUT2D eigenvalue weighted by Crippen LogP contribution is -2.36. The molecule has 11 heteroatoms. The maximum Gasteiger partial charge on any atom is 0.416 e. The van der Waals surface area contributed by atoms with E-state index in [4.69, 9.17) is 0 Å². The zero-order valence-electron chi connectivity index (χ0n) is 19.9. The number of nitrogens with zero attached hydrogens (tertiary/aromatic N) is 5. The Balaban J connectivity index is 1.54. The third-order valence-corrected chi connectivity index (χ3v) is 8.13. The molecule has 0 radical (unpaired) electrons. The van der Waals surface area contributed by atoms with Crippen LogP contribution in [0.5, 0.6) is 0 Å². The van der Waals surface area contributed by atoms with Crippen molar-refractivity contribution in [2.45, 2.75) is 42.9 Å². The number of rotatable bonds is 6. The topological polar surface area (TPSA) is 81.0 Å². The first-order valence-corrected chi connectivity index (χ1v) is 13.3. The summed E-state index contributed by atoms with van der Waals surface area (Å²) in [5.74, 6) is -0.255. The highest BCUT2D eigenvalue weighted by atomic mass is 32.2. The van der Waals surface area contributed by atoms with Gasteiger partial charge in [-0.2, -0.15) is 13.2 Å². The average Bonchev–Trinajstić information content (AvgIpc) is 3.31. The van der Waals surface area contributed by atoms with E-state index in [1.165, 1.54) is 34.5 Å². The minimum absolute atomic E-state index is 0.137. The van der Waals surface area contributed by atoms with Crippen LogP contribution in [0, 0.1) is 6.92 Å². The summed E-state index contributed by atoms with van der Waals surface area (Å²) < 4.78 is 67.3. The Labute approximate surface area is 212 Å². The molecule has 0 fully saturated rings. The molecule has 7 nitrogen and oxygen atoms in total. The van der Waals surface area contributed by atoms with E-state index in [2.05, 4.69) is 26.5 Å². The van der Waals surface area contributed by atoms with E-state index in [1.807, 2.05) is 25.1 Å². The Morgan fingerprint density at radius 1 is 0.946 bits per heavy atom. The first-order valence-electron chi connectivity index (χ1n) is 11.7. The molecule has 0 amide bonds. The van der Waals surface area contributed by atoms with Crippen molar-refractivity contribution in [2.24, 2.45) is 0 Å². The van der Waals surface area contributed by atoms with E-state index in [-0.39, 0.29) is 10.7 Å². The van der Waals surface area contributed by atoms with Crippen LogP contribution >= 0.6 is 0 Å². The maximum atomic E-state index is 13.2. The number of aryl methyl sites for hydroxylation is 1. The van der Waals surface area contributed by atoms with Gasteiger partial charge in [0.2, 0.25) is 0 Å². The van der Waals surface area contributed by atoms with E-state index < -0.39 is 33.5 Å². The summed E-state index contributed by atoms with van der Waals surface area (Å²) >= 11 is 0. The molecule has 5 rings (SSSR count). The fraction of sp³-hybridized carbons (Fsp3) is 0.269. The molecule has 1 aliphatic rings. The molecular weight excluding hydrogens is 503 g/mol. The van der Waals surface area contributed by atoms with E-state index in [0.717, 1.165) is 29.7 Å². The van der Waals surface area contributed by atoms with Gasteiger partial charge in [-0.1, -0.05) is 54.1 Å². The van der Waals surface area contributed by atoms with Crippen LogP contribution in [-0.4, -0.2) is 40.1 Å². The van der Waals surface area contributed by atoms with E-state index in [0.29, 0.717) is 18.7 Å². The average molecular weight is 528 g/mol. The molecule has 0 aliphatic carbocycles. The van der Waals surface area contributed by atoms with Crippen LogP contribution < -0.4 is 0 Å². The van der Waals surface area contributed by atoms with Gasteiger partial charge >= 0.3 is 6.18 Å². The summed E-state index contributed by atoms with van der Waals surface area (Å²) in [7, 11) is -3.79. The van der Waals surface area contributed by atoms with Crippen LogP contribution in [0.3, 0.4) is 0 Å². The Kier molecular flexibility index (Phi) is 6.59. The Morgan fingerprint density at radius 3 is 2.30 bits per heavy atom. The molecule has 37 heavy (non-hydrogen) atoms. The fourth-order valence-electron chi connectivity index (χ4n) is 4.60. The molecule has 2 heterocycles. The van der Waals surface area contributed by atoms with Gasteiger partial charge in [-0.15, -0.1) is 5.10 Å². The predicted molar refractivity (Wildman–Crippen MR) is 130 cm³/mol. The van der Waals surface area contributed by atoms with E-state index >= 15 is 0 Å². The van der Waals surface area contributed by atoms with E-state index in [9.17, 15) is 21.6 Å². The molecule has 1 aliphatic heterocycles. The van der Waals surface area contributed by atoms with Gasteiger partial charge in [0, 0.05) is 13.1 Å². The molecule has 0 unspecified atom stereocenters. The summed E-state index contributed by atoms with van der Waals surface area (Å²) in [5, 5.41) is 11.9. The fourth-order valence-corrected chi connectivity index (χ4v) is 5.80. The van der Waals surface area contributed by atoms with Gasteiger partial charge in [0.15, 0.2) is 21.5 Å². The number of aromatic nitrogens is 4. The quantitative estimate of drug-likeness (QED) is 0.365. The molecule has 0 N–H and O–H groups in total. The lowest BCUT2D eigenvalue weighted by atomic mass is 9.95. The minimum atomic E-state index is -4.47. The van der Waals surface area contributed by atoms with Crippen molar-refractivity contribution >= 4 is 9.84 Å². The second-order valence-electron chi connectivity index (χ2n) is 9.11. The third-order valence-electron chi connectivity index (χ3n) is 6.56. The lowest BCUT2D eigenvalue weighted by Gasteiger charge is -2.35. The van der Waals surface area contributed by atoms with Crippen molar-refractivity contribution in [3.8, 4) is 0 Å². The number of halogens is 3. The van der Waals surface area contributed by atoms with Crippen LogP contribution in [0.25, 0.3) is 0 Å². The van der Waals surface area contributed by atoms with Gasteiger partial charge in [0.25, 0.3) is 0 Å². The van der Waals surface area contributed by atoms with Crippen molar-refractivity contribution in [3.05, 3.63) is 106 Å². The molecule has 192 valence electrons. The Morgan fingerprint density at radius 2 is 1.62 bits per heavy atom. The van der Waals surface area contributed by atoms with Gasteiger partial charge in [-0.3, -0.25) is 4.90 Å². The van der Waals surface area contributed by atoms with Crippen molar-refractivity contribution in [1.82, 2.24) is 25.1 Å². The molecule has 0 spiro atoms. The number of tetrazole rings is 1. The van der Waals surface area contributed by atoms with Crippen molar-refractivity contribution in [2.75, 3.05) is 6.54 Å². The van der Waals surface area contributed by atoms with Crippen LogP contribution in [0.2, 0.25) is 0 Å². The smallest absolute Gasteiger partial charge is 0.285 e. The molecule has 1 atom stereocenters. The normalized spacial score (nSPS) is 15.4. The highest BCUT2D eigenvalue weighted by Crippen LogP contribution is 2.35. The minimum Gasteiger partial charge on any atom is -0.285 e. The zero-order valence-corrected chi connectivity index (χ0v) is 20.7. The molecule has 4 aromatic rings. The number of benzene rings is 3. The predicted octanol–water partition coefficient (Wildman–Crippen LogP) is 4.58. The summed E-state index contributed by atoms with van der Waals surface area (Å²) in [6.45, 7) is 2.97.